The van der Waals surface area contributed by atoms with Gasteiger partial charge in [0.1, 0.15) is 0 Å². The normalized spacial score (nSPS) is 10.9. The second kappa shape index (κ2) is 5.76. The van der Waals surface area contributed by atoms with Gasteiger partial charge in [-0.2, -0.15) is 0 Å². The Bertz CT molecular complexity index is 861. The molecule has 0 aliphatic rings. The zero-order valence-electron chi connectivity index (χ0n) is 11.0. The van der Waals surface area contributed by atoms with Gasteiger partial charge in [-0.1, -0.05) is 0 Å². The molecule has 3 rings (SSSR count). The topological polar surface area (TPSA) is 40.5 Å². The second-order valence-corrected chi connectivity index (χ2v) is 7.23. The van der Waals surface area contributed by atoms with E-state index >= 15 is 0 Å². The van der Waals surface area contributed by atoms with Crippen molar-refractivity contribution < 1.29 is 19.0 Å². The van der Waals surface area contributed by atoms with Crippen molar-refractivity contribution in [3.8, 4) is 31.5 Å². The minimum absolute atomic E-state index is 0.156. The Kier molecular flexibility index (Phi) is 3.96. The zero-order valence-corrected chi connectivity index (χ0v) is 13.4. The van der Waals surface area contributed by atoms with E-state index in [9.17, 15) is 19.0 Å². The van der Waals surface area contributed by atoms with E-state index in [1.807, 2.05) is 0 Å². The molecule has 112 valence electrons. The molecule has 0 saturated heterocycles. The maximum absolute atomic E-state index is 14.0. The van der Waals surface area contributed by atoms with Crippen LogP contribution in [0.3, 0.4) is 0 Å². The summed E-state index contributed by atoms with van der Waals surface area (Å²) in [6.07, 6.45) is 0. The van der Waals surface area contributed by atoms with Crippen LogP contribution in [0.25, 0.3) is 20.0 Å². The molecule has 0 spiro atoms. The van der Waals surface area contributed by atoms with Gasteiger partial charge in [0.15, 0.2) is 0 Å². The fourth-order valence-electron chi connectivity index (χ4n) is 2.08. The SMILES string of the molecule is Oc1ccc(-c2cc(Cl)c(-c3ccc(O)cc3F)[se]2)c(F)c1. The van der Waals surface area contributed by atoms with Crippen LogP contribution in [0.15, 0.2) is 42.5 Å². The molecular formula is C16H9ClF2O2Se. The van der Waals surface area contributed by atoms with Crippen molar-refractivity contribution in [2.24, 2.45) is 0 Å². The predicted octanol–water partition coefficient (Wildman–Crippen LogP) is 4.42. The molecule has 22 heavy (non-hydrogen) atoms. The monoisotopic (exact) mass is 386 g/mol. The molecule has 0 fully saturated rings. The van der Waals surface area contributed by atoms with E-state index in [4.69, 9.17) is 11.6 Å². The number of halogens is 3. The third-order valence-corrected chi connectivity index (χ3v) is 6.18. The van der Waals surface area contributed by atoms with E-state index in [-0.39, 0.29) is 26.0 Å². The molecule has 2 N–H and O–H groups in total. The standard InChI is InChI=1S/C16H9ClF2O2Se/c17-12-7-15(10-3-1-8(20)5-13(10)18)22-16(12)11-4-2-9(21)6-14(11)19/h1-7,20-21H. The van der Waals surface area contributed by atoms with Crippen LogP contribution in [0.2, 0.25) is 5.02 Å². The molecule has 0 radical (unpaired) electrons. The molecule has 1 heterocycles. The van der Waals surface area contributed by atoms with Gasteiger partial charge in [0.05, 0.1) is 0 Å². The quantitative estimate of drug-likeness (QED) is 0.641. The Morgan fingerprint density at radius 2 is 1.36 bits per heavy atom. The van der Waals surface area contributed by atoms with Crippen molar-refractivity contribution in [3.05, 3.63) is 59.1 Å². The molecule has 2 nitrogen and oxygen atoms in total. The van der Waals surface area contributed by atoms with E-state index in [1.165, 1.54) is 24.3 Å². The van der Waals surface area contributed by atoms with Gasteiger partial charge in [0.25, 0.3) is 0 Å². The van der Waals surface area contributed by atoms with Crippen molar-refractivity contribution in [2.45, 2.75) is 0 Å². The Hall–Kier alpha value is -1.81. The van der Waals surface area contributed by atoms with Crippen LogP contribution < -0.4 is 0 Å². The summed E-state index contributed by atoms with van der Waals surface area (Å²) in [5, 5.41) is 18.9. The molecule has 0 bridgehead atoms. The number of phenolic OH excluding ortho intramolecular Hbond substituents is 2. The summed E-state index contributed by atoms with van der Waals surface area (Å²) < 4.78 is 29.2. The number of hydrogen-bond donors (Lipinski definition) is 2. The maximum atomic E-state index is 14.0. The summed E-state index contributed by atoms with van der Waals surface area (Å²) in [4.78, 5) is 0. The molecule has 0 unspecified atom stereocenters. The number of phenols is 2. The molecule has 0 saturated carbocycles. The van der Waals surface area contributed by atoms with Gasteiger partial charge in [-0.3, -0.25) is 0 Å². The number of aromatic hydroxyl groups is 2. The molecular weight excluding hydrogens is 377 g/mol. The van der Waals surface area contributed by atoms with Crippen molar-refractivity contribution in [3.63, 3.8) is 0 Å². The second-order valence-electron chi connectivity index (χ2n) is 4.62. The summed E-state index contributed by atoms with van der Waals surface area (Å²) in [5.74, 6) is -1.45. The van der Waals surface area contributed by atoms with E-state index < -0.39 is 11.6 Å². The van der Waals surface area contributed by atoms with E-state index in [0.29, 0.717) is 25.0 Å². The zero-order chi connectivity index (χ0) is 15.9. The first kappa shape index (κ1) is 15.1. The Labute approximate surface area is 136 Å². The summed E-state index contributed by atoms with van der Waals surface area (Å²) in [7, 11) is 0. The summed E-state index contributed by atoms with van der Waals surface area (Å²) in [6.45, 7) is 0. The molecule has 2 aromatic carbocycles. The molecule has 3 aromatic rings. The average molecular weight is 386 g/mol. The van der Waals surface area contributed by atoms with Gasteiger partial charge in [0, 0.05) is 0 Å². The Morgan fingerprint density at radius 3 is 1.91 bits per heavy atom. The third kappa shape index (κ3) is 2.75. The van der Waals surface area contributed by atoms with Gasteiger partial charge in [0.2, 0.25) is 0 Å². The summed E-state index contributed by atoms with van der Waals surface area (Å²) in [5.41, 5.74) is 0.637. The predicted molar refractivity (Wildman–Crippen MR) is 82.5 cm³/mol. The Morgan fingerprint density at radius 1 is 0.818 bits per heavy atom. The molecule has 1 aromatic heterocycles. The molecule has 6 heteroatoms. The molecule has 0 amide bonds. The first-order valence-electron chi connectivity index (χ1n) is 6.23. The average Bonchev–Trinajstić information content (AvgIpc) is 2.80. The fourth-order valence-corrected chi connectivity index (χ4v) is 4.95. The van der Waals surface area contributed by atoms with Gasteiger partial charge in [-0.05, 0) is 0 Å². The van der Waals surface area contributed by atoms with Gasteiger partial charge < -0.3 is 0 Å². The fraction of sp³-hybridized carbons (Fsp3) is 0. The van der Waals surface area contributed by atoms with E-state index in [2.05, 4.69) is 0 Å². The van der Waals surface area contributed by atoms with Crippen LogP contribution >= 0.6 is 11.6 Å². The molecule has 0 aliphatic heterocycles. The molecule has 0 atom stereocenters. The summed E-state index contributed by atoms with van der Waals surface area (Å²) in [6, 6.07) is 9.35. The summed E-state index contributed by atoms with van der Waals surface area (Å²) >= 11 is 5.79. The van der Waals surface area contributed by atoms with Crippen LogP contribution in [0.1, 0.15) is 0 Å². The van der Waals surface area contributed by atoms with Crippen LogP contribution in [0.4, 0.5) is 8.78 Å². The van der Waals surface area contributed by atoms with Crippen molar-refractivity contribution >= 4 is 26.1 Å². The van der Waals surface area contributed by atoms with Gasteiger partial charge in [-0.25, -0.2) is 0 Å². The first-order valence-corrected chi connectivity index (χ1v) is 8.32. The van der Waals surface area contributed by atoms with Crippen LogP contribution in [-0.4, -0.2) is 24.7 Å². The van der Waals surface area contributed by atoms with Gasteiger partial charge in [-0.15, -0.1) is 0 Å². The van der Waals surface area contributed by atoms with Crippen molar-refractivity contribution in [1.29, 1.82) is 0 Å². The van der Waals surface area contributed by atoms with Crippen molar-refractivity contribution in [2.75, 3.05) is 0 Å². The van der Waals surface area contributed by atoms with Crippen LogP contribution in [0.5, 0.6) is 11.5 Å². The Balaban J connectivity index is 2.11. The van der Waals surface area contributed by atoms with E-state index in [1.54, 1.807) is 6.07 Å². The minimum atomic E-state index is -0.573. The molecule has 0 aliphatic carbocycles. The number of rotatable bonds is 2. The van der Waals surface area contributed by atoms with Crippen molar-refractivity contribution in [1.82, 2.24) is 0 Å². The van der Waals surface area contributed by atoms with Crippen LogP contribution in [-0.2, 0) is 0 Å². The number of hydrogen-bond acceptors (Lipinski definition) is 2. The number of benzene rings is 2. The van der Waals surface area contributed by atoms with Gasteiger partial charge >= 0.3 is 136 Å². The van der Waals surface area contributed by atoms with E-state index in [0.717, 1.165) is 12.1 Å². The van der Waals surface area contributed by atoms with Crippen LogP contribution in [0, 0.1) is 11.6 Å². The third-order valence-electron chi connectivity index (χ3n) is 3.10. The first-order chi connectivity index (χ1) is 10.5.